The molecule has 2 rings (SSSR count). The molecule has 0 aliphatic heterocycles. The number of alkyl halides is 4. The Morgan fingerprint density at radius 1 is 1.21 bits per heavy atom. The number of aryl methyl sites for hydroxylation is 1. The molecule has 2 aromatic rings. The van der Waals surface area contributed by atoms with Gasteiger partial charge in [0.1, 0.15) is 0 Å². The summed E-state index contributed by atoms with van der Waals surface area (Å²) in [5.74, 6) is 0. The van der Waals surface area contributed by atoms with Gasteiger partial charge in [-0.05, 0) is 46.1 Å². The van der Waals surface area contributed by atoms with Crippen LogP contribution in [0.3, 0.4) is 0 Å². The third kappa shape index (κ3) is 3.41. The van der Waals surface area contributed by atoms with Crippen LogP contribution in [0.4, 0.5) is 13.2 Å². The molecule has 0 amide bonds. The van der Waals surface area contributed by atoms with Gasteiger partial charge < -0.3 is 0 Å². The Bertz CT molecular complexity index is 570. The molecule has 19 heavy (non-hydrogen) atoms. The summed E-state index contributed by atoms with van der Waals surface area (Å²) in [6.45, 7) is 1.95. The van der Waals surface area contributed by atoms with Crippen molar-refractivity contribution in [2.24, 2.45) is 0 Å². The minimum Gasteiger partial charge on any atom is -0.166 e. The Hall–Kier alpha value is -0.330. The number of benzene rings is 1. The van der Waals surface area contributed by atoms with Crippen LogP contribution in [0.25, 0.3) is 0 Å². The molecule has 0 aliphatic rings. The van der Waals surface area contributed by atoms with Gasteiger partial charge in [0.05, 0.1) is 14.2 Å². The predicted octanol–water partition coefficient (Wildman–Crippen LogP) is 6.32. The van der Waals surface area contributed by atoms with Gasteiger partial charge in [-0.25, -0.2) is 0 Å². The second-order valence-corrected chi connectivity index (χ2v) is 7.41. The second kappa shape index (κ2) is 5.58. The van der Waals surface area contributed by atoms with Crippen molar-refractivity contribution in [3.63, 3.8) is 0 Å². The highest BCUT2D eigenvalue weighted by Crippen LogP contribution is 2.40. The molecule has 102 valence electrons. The molecular weight excluding hydrogens is 405 g/mol. The lowest BCUT2D eigenvalue weighted by molar-refractivity contribution is -0.137. The van der Waals surface area contributed by atoms with Crippen LogP contribution in [0.5, 0.6) is 0 Å². The van der Waals surface area contributed by atoms with Crippen LogP contribution in [0.15, 0.2) is 34.1 Å². The van der Waals surface area contributed by atoms with E-state index in [2.05, 4.69) is 31.9 Å². The zero-order valence-corrected chi connectivity index (χ0v) is 13.8. The standard InChI is InChI=1S/C13H9Br2F3S/c1-7-5-10(19-12(7)15)11(14)8-3-2-4-9(6-8)13(16,17)18/h2-6,11H,1H3. The van der Waals surface area contributed by atoms with Gasteiger partial charge in [-0.15, -0.1) is 11.3 Å². The van der Waals surface area contributed by atoms with Gasteiger partial charge in [0.15, 0.2) is 0 Å². The van der Waals surface area contributed by atoms with Crippen molar-refractivity contribution in [3.8, 4) is 0 Å². The Balaban J connectivity index is 2.36. The molecule has 0 bridgehead atoms. The normalized spacial score (nSPS) is 13.6. The molecule has 6 heteroatoms. The summed E-state index contributed by atoms with van der Waals surface area (Å²) < 4.78 is 39.0. The van der Waals surface area contributed by atoms with Crippen LogP contribution in [0.1, 0.15) is 26.4 Å². The average Bonchev–Trinajstić information content (AvgIpc) is 2.68. The highest BCUT2D eigenvalue weighted by Gasteiger charge is 2.31. The maximum atomic E-state index is 12.7. The molecule has 0 N–H and O–H groups in total. The van der Waals surface area contributed by atoms with E-state index in [9.17, 15) is 13.2 Å². The molecule has 1 unspecified atom stereocenters. The second-order valence-electron chi connectivity index (χ2n) is 4.09. The fourth-order valence-electron chi connectivity index (χ4n) is 1.65. The van der Waals surface area contributed by atoms with Crippen LogP contribution >= 0.6 is 43.2 Å². The summed E-state index contributed by atoms with van der Waals surface area (Å²) in [6.07, 6.45) is -4.31. The van der Waals surface area contributed by atoms with E-state index in [1.807, 2.05) is 13.0 Å². The molecule has 1 atom stereocenters. The van der Waals surface area contributed by atoms with Gasteiger partial charge >= 0.3 is 6.18 Å². The van der Waals surface area contributed by atoms with E-state index in [1.54, 1.807) is 6.07 Å². The van der Waals surface area contributed by atoms with Crippen molar-refractivity contribution < 1.29 is 13.2 Å². The van der Waals surface area contributed by atoms with E-state index in [4.69, 9.17) is 0 Å². The number of thiophene rings is 1. The predicted molar refractivity (Wildman–Crippen MR) is 79.0 cm³/mol. The molecule has 0 saturated heterocycles. The lowest BCUT2D eigenvalue weighted by atomic mass is 10.1. The maximum Gasteiger partial charge on any atom is 0.416 e. The summed E-state index contributed by atoms with van der Waals surface area (Å²) in [5.41, 5.74) is 1.06. The molecule has 0 fully saturated rings. The summed E-state index contributed by atoms with van der Waals surface area (Å²) in [4.78, 5) is 0.744. The van der Waals surface area contributed by atoms with Crippen molar-refractivity contribution in [2.45, 2.75) is 17.9 Å². The highest BCUT2D eigenvalue weighted by atomic mass is 79.9. The zero-order valence-electron chi connectivity index (χ0n) is 9.76. The quantitative estimate of drug-likeness (QED) is 0.505. The third-order valence-corrected chi connectivity index (χ3v) is 6.16. The molecule has 1 heterocycles. The Morgan fingerprint density at radius 2 is 1.89 bits per heavy atom. The van der Waals surface area contributed by atoms with Gasteiger partial charge in [0.25, 0.3) is 0 Å². The Kier molecular flexibility index (Phi) is 4.42. The molecule has 1 aromatic heterocycles. The van der Waals surface area contributed by atoms with E-state index >= 15 is 0 Å². The first-order chi connectivity index (χ1) is 8.79. The van der Waals surface area contributed by atoms with Crippen molar-refractivity contribution >= 4 is 43.2 Å². The van der Waals surface area contributed by atoms with Crippen LogP contribution in [-0.2, 0) is 6.18 Å². The fourth-order valence-corrected chi connectivity index (χ4v) is 3.92. The van der Waals surface area contributed by atoms with E-state index in [1.165, 1.54) is 23.5 Å². The summed E-state index contributed by atoms with van der Waals surface area (Å²) in [5, 5.41) is 0. The minimum atomic E-state index is -4.31. The minimum absolute atomic E-state index is 0.232. The molecule has 0 saturated carbocycles. The third-order valence-electron chi connectivity index (χ3n) is 2.63. The average molecular weight is 414 g/mol. The van der Waals surface area contributed by atoms with Crippen molar-refractivity contribution in [3.05, 3.63) is 55.7 Å². The van der Waals surface area contributed by atoms with Gasteiger partial charge in [0, 0.05) is 4.88 Å². The topological polar surface area (TPSA) is 0 Å². The summed E-state index contributed by atoms with van der Waals surface area (Å²) >= 11 is 8.40. The Morgan fingerprint density at radius 3 is 2.42 bits per heavy atom. The molecule has 0 nitrogen and oxygen atoms in total. The van der Waals surface area contributed by atoms with Crippen molar-refractivity contribution in [1.82, 2.24) is 0 Å². The molecular formula is C13H9Br2F3S. The van der Waals surface area contributed by atoms with E-state index in [0.29, 0.717) is 5.56 Å². The van der Waals surface area contributed by atoms with Gasteiger partial charge in [-0.1, -0.05) is 34.1 Å². The summed E-state index contributed by atoms with van der Waals surface area (Å²) in [7, 11) is 0. The van der Waals surface area contributed by atoms with E-state index in [0.717, 1.165) is 20.3 Å². The van der Waals surface area contributed by atoms with Crippen LogP contribution in [0, 0.1) is 6.92 Å². The van der Waals surface area contributed by atoms with Gasteiger partial charge in [-0.3, -0.25) is 0 Å². The fraction of sp³-hybridized carbons (Fsp3) is 0.231. The first-order valence-electron chi connectivity index (χ1n) is 5.36. The van der Waals surface area contributed by atoms with E-state index in [-0.39, 0.29) is 4.83 Å². The largest absolute Gasteiger partial charge is 0.416 e. The monoisotopic (exact) mass is 412 g/mol. The van der Waals surface area contributed by atoms with Crippen molar-refractivity contribution in [1.29, 1.82) is 0 Å². The summed E-state index contributed by atoms with van der Waals surface area (Å²) in [6, 6.07) is 7.36. The number of hydrogen-bond acceptors (Lipinski definition) is 1. The smallest absolute Gasteiger partial charge is 0.166 e. The first kappa shape index (κ1) is 15.1. The van der Waals surface area contributed by atoms with Crippen molar-refractivity contribution in [2.75, 3.05) is 0 Å². The lowest BCUT2D eigenvalue weighted by Crippen LogP contribution is -2.05. The number of hydrogen-bond donors (Lipinski definition) is 0. The molecule has 0 aliphatic carbocycles. The molecule has 0 spiro atoms. The number of halogens is 5. The number of rotatable bonds is 2. The van der Waals surface area contributed by atoms with E-state index < -0.39 is 11.7 Å². The van der Waals surface area contributed by atoms with Crippen LogP contribution < -0.4 is 0 Å². The Labute approximate surface area is 129 Å². The van der Waals surface area contributed by atoms with Crippen LogP contribution in [-0.4, -0.2) is 0 Å². The van der Waals surface area contributed by atoms with Gasteiger partial charge in [-0.2, -0.15) is 13.2 Å². The first-order valence-corrected chi connectivity index (χ1v) is 7.88. The van der Waals surface area contributed by atoms with Gasteiger partial charge in [0.2, 0.25) is 0 Å². The lowest BCUT2D eigenvalue weighted by Gasteiger charge is -2.12. The molecule has 1 aromatic carbocycles. The molecule has 0 radical (unpaired) electrons. The maximum absolute atomic E-state index is 12.7. The zero-order chi connectivity index (χ0) is 14.2. The van der Waals surface area contributed by atoms with Crippen LogP contribution in [0.2, 0.25) is 0 Å². The SMILES string of the molecule is Cc1cc(C(Br)c2cccc(C(F)(F)F)c2)sc1Br. The highest BCUT2D eigenvalue weighted by molar-refractivity contribution is 9.11.